The number of halogens is 1. The van der Waals surface area contributed by atoms with Crippen LogP contribution in [0.3, 0.4) is 0 Å². The molecule has 0 amide bonds. The molecule has 1 aliphatic rings. The minimum atomic E-state index is -0.594. The number of nitrogens with one attached hydrogen (secondary N) is 1. The van der Waals surface area contributed by atoms with Crippen molar-refractivity contribution in [3.63, 3.8) is 0 Å². The van der Waals surface area contributed by atoms with Crippen LogP contribution in [0.2, 0.25) is 0 Å². The van der Waals surface area contributed by atoms with Gasteiger partial charge in [0.05, 0.1) is 11.1 Å². The van der Waals surface area contributed by atoms with Crippen molar-refractivity contribution < 1.29 is 5.11 Å². The zero-order valence-electron chi connectivity index (χ0n) is 11.4. The van der Waals surface area contributed by atoms with E-state index >= 15 is 0 Å². The lowest BCUT2D eigenvalue weighted by atomic mass is 9.96. The largest absolute Gasteiger partial charge is 0.387 e. The van der Waals surface area contributed by atoms with Crippen molar-refractivity contribution in [3.8, 4) is 0 Å². The molecule has 1 unspecified atom stereocenters. The van der Waals surface area contributed by atoms with E-state index in [2.05, 4.69) is 20.3 Å². The molecule has 104 valence electrons. The van der Waals surface area contributed by atoms with Crippen LogP contribution in [0.1, 0.15) is 44.8 Å². The van der Waals surface area contributed by atoms with Crippen LogP contribution in [0.5, 0.6) is 0 Å². The Labute approximate surface area is 118 Å². The summed E-state index contributed by atoms with van der Waals surface area (Å²) in [5, 5.41) is 13.4. The molecule has 0 fully saturated rings. The molecule has 0 bridgehead atoms. The molecule has 0 aromatic carbocycles. The van der Waals surface area contributed by atoms with Crippen molar-refractivity contribution in [1.82, 2.24) is 15.0 Å². The minimum absolute atomic E-state index is 0.246. The number of aliphatic hydroxyl groups excluding tert-OH is 1. The van der Waals surface area contributed by atoms with Gasteiger partial charge in [-0.15, -0.1) is 0 Å². The van der Waals surface area contributed by atoms with Gasteiger partial charge >= 0.3 is 0 Å². The number of anilines is 1. The fourth-order valence-corrected chi connectivity index (χ4v) is 2.37. The molecule has 5 nitrogen and oxygen atoms in total. The first kappa shape index (κ1) is 14.2. The first-order valence-electron chi connectivity index (χ1n) is 6.53. The molecule has 6 heteroatoms. The second-order valence-corrected chi connectivity index (χ2v) is 5.47. The average Bonchev–Trinajstić information content (AvgIpc) is 2.31. The van der Waals surface area contributed by atoms with E-state index < -0.39 is 6.10 Å². The maximum Gasteiger partial charge on any atom is 0.226 e. The van der Waals surface area contributed by atoms with Crippen LogP contribution in [0.25, 0.3) is 5.57 Å². The number of aryl methyl sites for hydroxylation is 1. The molecule has 0 aliphatic heterocycles. The summed E-state index contributed by atoms with van der Waals surface area (Å²) in [5.74, 6) is 1.76. The third-order valence-electron chi connectivity index (χ3n) is 2.92. The van der Waals surface area contributed by atoms with E-state index in [0.29, 0.717) is 29.1 Å². The van der Waals surface area contributed by atoms with Gasteiger partial charge in [-0.25, -0.2) is 4.98 Å². The fraction of sp³-hybridized carbons (Fsp3) is 0.615. The lowest BCUT2D eigenvalue weighted by Gasteiger charge is -2.20. The fourth-order valence-electron chi connectivity index (χ4n) is 2.08. The van der Waals surface area contributed by atoms with Gasteiger partial charge in [0, 0.05) is 11.6 Å². The average molecular weight is 283 g/mol. The van der Waals surface area contributed by atoms with Crippen molar-refractivity contribution >= 4 is 23.1 Å². The minimum Gasteiger partial charge on any atom is -0.387 e. The Morgan fingerprint density at radius 3 is 2.74 bits per heavy atom. The van der Waals surface area contributed by atoms with Crippen molar-refractivity contribution in [2.45, 2.75) is 52.2 Å². The van der Waals surface area contributed by atoms with Crippen LogP contribution in [-0.2, 0) is 0 Å². The van der Waals surface area contributed by atoms with Crippen LogP contribution < -0.4 is 5.32 Å². The molecular formula is C13H19ClN4O. The highest BCUT2D eigenvalue weighted by Gasteiger charge is 2.23. The third kappa shape index (κ3) is 3.42. The number of hydrogen-bond acceptors (Lipinski definition) is 5. The highest BCUT2D eigenvalue weighted by Crippen LogP contribution is 2.33. The van der Waals surface area contributed by atoms with E-state index in [1.807, 2.05) is 20.8 Å². The van der Waals surface area contributed by atoms with E-state index in [9.17, 15) is 5.11 Å². The molecule has 1 aliphatic carbocycles. The Bertz CT molecular complexity index is 501. The van der Waals surface area contributed by atoms with Crippen molar-refractivity contribution in [2.24, 2.45) is 0 Å². The number of rotatable bonds is 3. The van der Waals surface area contributed by atoms with E-state index in [1.54, 1.807) is 0 Å². The van der Waals surface area contributed by atoms with Gasteiger partial charge in [0.15, 0.2) is 5.82 Å². The number of allylic oxidation sites excluding steroid dienone is 1. The Morgan fingerprint density at radius 1 is 1.32 bits per heavy atom. The summed E-state index contributed by atoms with van der Waals surface area (Å²) in [6.07, 6.45) is 1.79. The molecule has 2 rings (SSSR count). The lowest BCUT2D eigenvalue weighted by molar-refractivity contribution is 0.201. The highest BCUT2D eigenvalue weighted by molar-refractivity contribution is 6.33. The Morgan fingerprint density at radius 2 is 2.05 bits per heavy atom. The summed E-state index contributed by atoms with van der Waals surface area (Å²) in [4.78, 5) is 13.0. The monoisotopic (exact) mass is 282 g/mol. The van der Waals surface area contributed by atoms with E-state index in [1.165, 1.54) is 0 Å². The molecule has 1 heterocycles. The van der Waals surface area contributed by atoms with Gasteiger partial charge in [-0.05, 0) is 40.0 Å². The molecule has 1 atom stereocenters. The van der Waals surface area contributed by atoms with Crippen molar-refractivity contribution in [2.75, 3.05) is 5.32 Å². The second kappa shape index (κ2) is 5.84. The lowest BCUT2D eigenvalue weighted by Crippen LogP contribution is -2.17. The predicted octanol–water partition coefficient (Wildman–Crippen LogP) is 2.50. The summed E-state index contributed by atoms with van der Waals surface area (Å²) in [5.41, 5.74) is 0.831. The normalized spacial score (nSPS) is 20.0. The molecule has 19 heavy (non-hydrogen) atoms. The SMILES string of the molecule is Cc1nc(NC(C)C)nc(C2=C(Cl)C(O)CCC2)n1. The zero-order chi connectivity index (χ0) is 14.0. The molecule has 0 spiro atoms. The van der Waals surface area contributed by atoms with Gasteiger partial charge in [-0.2, -0.15) is 9.97 Å². The predicted molar refractivity (Wildman–Crippen MR) is 76.0 cm³/mol. The first-order chi connectivity index (χ1) is 8.97. The van der Waals surface area contributed by atoms with Gasteiger partial charge in [-0.3, -0.25) is 0 Å². The van der Waals surface area contributed by atoms with Crippen LogP contribution in [-0.4, -0.2) is 32.2 Å². The van der Waals surface area contributed by atoms with Gasteiger partial charge in [0.2, 0.25) is 5.95 Å². The summed E-state index contributed by atoms with van der Waals surface area (Å²) >= 11 is 6.19. The summed E-state index contributed by atoms with van der Waals surface area (Å²) < 4.78 is 0. The smallest absolute Gasteiger partial charge is 0.226 e. The van der Waals surface area contributed by atoms with Crippen LogP contribution >= 0.6 is 11.6 Å². The van der Waals surface area contributed by atoms with Crippen LogP contribution in [0.4, 0.5) is 5.95 Å². The Kier molecular flexibility index (Phi) is 4.37. The van der Waals surface area contributed by atoms with Crippen LogP contribution in [0.15, 0.2) is 5.03 Å². The summed E-state index contributed by atoms with van der Waals surface area (Å²) in [6, 6.07) is 0.246. The number of aliphatic hydroxyl groups is 1. The zero-order valence-corrected chi connectivity index (χ0v) is 12.2. The van der Waals surface area contributed by atoms with E-state index in [4.69, 9.17) is 11.6 Å². The number of aromatic nitrogens is 3. The second-order valence-electron chi connectivity index (χ2n) is 5.06. The molecule has 2 N–H and O–H groups in total. The molecular weight excluding hydrogens is 264 g/mol. The summed E-state index contributed by atoms with van der Waals surface area (Å²) in [7, 11) is 0. The third-order valence-corrected chi connectivity index (χ3v) is 3.40. The van der Waals surface area contributed by atoms with Gasteiger partial charge in [0.1, 0.15) is 5.82 Å². The maximum absolute atomic E-state index is 9.82. The Hall–Kier alpha value is -1.20. The van der Waals surface area contributed by atoms with Gasteiger partial charge in [0.25, 0.3) is 0 Å². The van der Waals surface area contributed by atoms with Gasteiger partial charge in [-0.1, -0.05) is 11.6 Å². The van der Waals surface area contributed by atoms with E-state index in [0.717, 1.165) is 18.4 Å². The number of hydrogen-bond donors (Lipinski definition) is 2. The first-order valence-corrected chi connectivity index (χ1v) is 6.91. The summed E-state index contributed by atoms with van der Waals surface area (Å²) in [6.45, 7) is 5.87. The van der Waals surface area contributed by atoms with Crippen molar-refractivity contribution in [3.05, 3.63) is 16.7 Å². The maximum atomic E-state index is 9.82. The van der Waals surface area contributed by atoms with E-state index in [-0.39, 0.29) is 6.04 Å². The molecule has 0 saturated carbocycles. The quantitative estimate of drug-likeness (QED) is 0.891. The standard InChI is InChI=1S/C13H19ClN4O/c1-7(2)15-13-17-8(3)16-12(18-13)9-5-4-6-10(19)11(9)14/h7,10,19H,4-6H2,1-3H3,(H,15,16,17,18). The molecule has 0 saturated heterocycles. The van der Waals surface area contributed by atoms with Crippen LogP contribution in [0, 0.1) is 6.92 Å². The molecule has 1 aromatic rings. The molecule has 0 radical (unpaired) electrons. The van der Waals surface area contributed by atoms with Crippen molar-refractivity contribution in [1.29, 1.82) is 0 Å². The Balaban J connectivity index is 2.39. The molecule has 1 aromatic heterocycles. The number of nitrogens with zero attached hydrogens (tertiary/aromatic N) is 3. The topological polar surface area (TPSA) is 70.9 Å². The van der Waals surface area contributed by atoms with Gasteiger partial charge < -0.3 is 10.4 Å². The highest BCUT2D eigenvalue weighted by atomic mass is 35.5.